The fourth-order valence-corrected chi connectivity index (χ4v) is 2.40. The first-order valence-corrected chi connectivity index (χ1v) is 7.34. The molecule has 1 aliphatic rings. The molecule has 21 heavy (non-hydrogen) atoms. The third kappa shape index (κ3) is 3.35. The molecule has 1 unspecified atom stereocenters. The van der Waals surface area contributed by atoms with Gasteiger partial charge < -0.3 is 15.0 Å². The second-order valence-corrected chi connectivity index (χ2v) is 5.67. The lowest BCUT2D eigenvalue weighted by atomic mass is 10.1. The highest BCUT2D eigenvalue weighted by molar-refractivity contribution is 6.00. The SMILES string of the molecule is CCN1C(=O)C(C)Oc2cc(NC(=O)CC(C)C)ccc21. The van der Waals surface area contributed by atoms with Crippen LogP contribution >= 0.6 is 0 Å². The molecule has 1 atom stereocenters. The molecule has 1 N–H and O–H groups in total. The van der Waals surface area contributed by atoms with Gasteiger partial charge in [-0.25, -0.2) is 0 Å². The predicted molar refractivity (Wildman–Crippen MR) is 82.6 cm³/mol. The summed E-state index contributed by atoms with van der Waals surface area (Å²) in [5.41, 5.74) is 1.44. The molecule has 1 aromatic rings. The Kier molecular flexibility index (Phi) is 4.50. The van der Waals surface area contributed by atoms with E-state index in [9.17, 15) is 9.59 Å². The Balaban J connectivity index is 2.21. The zero-order valence-electron chi connectivity index (χ0n) is 13.0. The first-order valence-electron chi connectivity index (χ1n) is 7.34. The molecule has 5 heteroatoms. The van der Waals surface area contributed by atoms with Crippen LogP contribution in [0.3, 0.4) is 0 Å². The van der Waals surface area contributed by atoms with Gasteiger partial charge in [0, 0.05) is 24.7 Å². The van der Waals surface area contributed by atoms with Crippen LogP contribution in [-0.4, -0.2) is 24.5 Å². The van der Waals surface area contributed by atoms with E-state index in [4.69, 9.17) is 4.74 Å². The standard InChI is InChI=1S/C16H22N2O3/c1-5-18-13-7-6-12(17-15(19)8-10(2)3)9-14(13)21-11(4)16(18)20/h6-7,9-11H,5,8H2,1-4H3,(H,17,19). The topological polar surface area (TPSA) is 58.6 Å². The maximum absolute atomic E-state index is 12.0. The maximum atomic E-state index is 12.0. The minimum atomic E-state index is -0.501. The lowest BCUT2D eigenvalue weighted by molar-refractivity contribution is -0.125. The number of anilines is 2. The quantitative estimate of drug-likeness (QED) is 0.927. The molecule has 114 valence electrons. The molecule has 5 nitrogen and oxygen atoms in total. The first kappa shape index (κ1) is 15.4. The number of rotatable bonds is 4. The average molecular weight is 290 g/mol. The highest BCUT2D eigenvalue weighted by Gasteiger charge is 2.30. The number of amides is 2. The zero-order chi connectivity index (χ0) is 15.6. The molecular formula is C16H22N2O3. The van der Waals surface area contributed by atoms with E-state index in [0.717, 1.165) is 5.69 Å². The van der Waals surface area contributed by atoms with Crippen LogP contribution in [0.5, 0.6) is 5.75 Å². The van der Waals surface area contributed by atoms with Crippen molar-refractivity contribution < 1.29 is 14.3 Å². The van der Waals surface area contributed by atoms with Gasteiger partial charge in [-0.15, -0.1) is 0 Å². The van der Waals surface area contributed by atoms with E-state index in [0.29, 0.717) is 30.3 Å². The molecular weight excluding hydrogens is 268 g/mol. The molecule has 0 fully saturated rings. The summed E-state index contributed by atoms with van der Waals surface area (Å²) in [4.78, 5) is 25.5. The van der Waals surface area contributed by atoms with Gasteiger partial charge in [0.15, 0.2) is 6.10 Å². The van der Waals surface area contributed by atoms with E-state index in [-0.39, 0.29) is 11.8 Å². The van der Waals surface area contributed by atoms with E-state index < -0.39 is 6.10 Å². The number of nitrogens with one attached hydrogen (secondary N) is 1. The van der Waals surface area contributed by atoms with E-state index in [1.54, 1.807) is 24.0 Å². The van der Waals surface area contributed by atoms with Gasteiger partial charge in [0.05, 0.1) is 5.69 Å². The number of likely N-dealkylation sites (N-methyl/N-ethyl adjacent to an activating group) is 1. The fourth-order valence-electron chi connectivity index (χ4n) is 2.40. The number of nitrogens with zero attached hydrogens (tertiary/aromatic N) is 1. The number of carbonyl (C=O) groups is 2. The van der Waals surface area contributed by atoms with Gasteiger partial charge in [-0.1, -0.05) is 13.8 Å². The Morgan fingerprint density at radius 1 is 1.43 bits per heavy atom. The highest BCUT2D eigenvalue weighted by Crippen LogP contribution is 2.36. The van der Waals surface area contributed by atoms with E-state index in [1.807, 2.05) is 26.8 Å². The Morgan fingerprint density at radius 2 is 2.14 bits per heavy atom. The van der Waals surface area contributed by atoms with Gasteiger partial charge in [-0.2, -0.15) is 0 Å². The molecule has 1 heterocycles. The maximum Gasteiger partial charge on any atom is 0.267 e. The number of carbonyl (C=O) groups excluding carboxylic acids is 2. The van der Waals surface area contributed by atoms with Crippen molar-refractivity contribution >= 4 is 23.2 Å². The highest BCUT2D eigenvalue weighted by atomic mass is 16.5. The third-order valence-electron chi connectivity index (χ3n) is 3.36. The monoisotopic (exact) mass is 290 g/mol. The van der Waals surface area contributed by atoms with Crippen molar-refractivity contribution in [3.63, 3.8) is 0 Å². The molecule has 2 rings (SSSR count). The number of hydrogen-bond donors (Lipinski definition) is 1. The summed E-state index contributed by atoms with van der Waals surface area (Å²) < 4.78 is 5.64. The van der Waals surface area contributed by atoms with Crippen LogP contribution in [0.1, 0.15) is 34.1 Å². The largest absolute Gasteiger partial charge is 0.479 e. The Hall–Kier alpha value is -2.04. The normalized spacial score (nSPS) is 17.5. The van der Waals surface area contributed by atoms with Crippen molar-refractivity contribution in [2.24, 2.45) is 5.92 Å². The zero-order valence-corrected chi connectivity index (χ0v) is 13.0. The lowest BCUT2D eigenvalue weighted by Gasteiger charge is -2.32. The van der Waals surface area contributed by atoms with Crippen LogP contribution in [-0.2, 0) is 9.59 Å². The van der Waals surface area contributed by atoms with Crippen molar-refractivity contribution in [3.8, 4) is 5.75 Å². The van der Waals surface area contributed by atoms with Crippen LogP contribution in [0.2, 0.25) is 0 Å². The molecule has 1 aromatic carbocycles. The molecule has 2 amide bonds. The lowest BCUT2D eigenvalue weighted by Crippen LogP contribution is -2.44. The van der Waals surface area contributed by atoms with E-state index in [1.165, 1.54) is 0 Å². The molecule has 1 aliphatic heterocycles. The summed E-state index contributed by atoms with van der Waals surface area (Å²) in [6.45, 7) is 8.26. The van der Waals surface area contributed by atoms with Gasteiger partial charge in [-0.05, 0) is 31.9 Å². The first-order chi connectivity index (χ1) is 9.92. The van der Waals surface area contributed by atoms with Crippen molar-refractivity contribution in [1.82, 2.24) is 0 Å². The van der Waals surface area contributed by atoms with Crippen LogP contribution in [0, 0.1) is 5.92 Å². The van der Waals surface area contributed by atoms with Gasteiger partial charge in [0.2, 0.25) is 5.91 Å². The summed E-state index contributed by atoms with van der Waals surface area (Å²) >= 11 is 0. The van der Waals surface area contributed by atoms with Gasteiger partial charge in [0.1, 0.15) is 5.75 Å². The minimum absolute atomic E-state index is 0.0165. The second kappa shape index (κ2) is 6.16. The third-order valence-corrected chi connectivity index (χ3v) is 3.36. The molecule has 0 saturated carbocycles. The molecule has 0 spiro atoms. The van der Waals surface area contributed by atoms with Crippen molar-refractivity contribution in [2.45, 2.75) is 40.2 Å². The Bertz CT molecular complexity index is 554. The number of hydrogen-bond acceptors (Lipinski definition) is 3. The number of benzene rings is 1. The minimum Gasteiger partial charge on any atom is -0.479 e. The van der Waals surface area contributed by atoms with Gasteiger partial charge >= 0.3 is 0 Å². The van der Waals surface area contributed by atoms with Crippen molar-refractivity contribution in [3.05, 3.63) is 18.2 Å². The second-order valence-electron chi connectivity index (χ2n) is 5.67. The summed E-state index contributed by atoms with van der Waals surface area (Å²) in [6.07, 6.45) is -0.0208. The molecule has 0 saturated heterocycles. The van der Waals surface area contributed by atoms with Crippen molar-refractivity contribution in [1.29, 1.82) is 0 Å². The van der Waals surface area contributed by atoms with E-state index >= 15 is 0 Å². The summed E-state index contributed by atoms with van der Waals surface area (Å²) in [6, 6.07) is 5.39. The summed E-state index contributed by atoms with van der Waals surface area (Å²) in [5, 5.41) is 2.86. The van der Waals surface area contributed by atoms with Gasteiger partial charge in [-0.3, -0.25) is 9.59 Å². The van der Waals surface area contributed by atoms with Crippen LogP contribution < -0.4 is 15.0 Å². The molecule has 0 radical (unpaired) electrons. The Morgan fingerprint density at radius 3 is 2.76 bits per heavy atom. The predicted octanol–water partition coefficient (Wildman–Crippen LogP) is 2.81. The fraction of sp³-hybridized carbons (Fsp3) is 0.500. The molecule has 0 aromatic heterocycles. The Labute approximate surface area is 125 Å². The summed E-state index contributed by atoms with van der Waals surface area (Å²) in [7, 11) is 0. The average Bonchev–Trinajstić information content (AvgIpc) is 2.39. The number of ether oxygens (including phenoxy) is 1. The van der Waals surface area contributed by atoms with Crippen LogP contribution in [0.25, 0.3) is 0 Å². The van der Waals surface area contributed by atoms with Crippen LogP contribution in [0.15, 0.2) is 18.2 Å². The van der Waals surface area contributed by atoms with E-state index in [2.05, 4.69) is 5.32 Å². The number of fused-ring (bicyclic) bond motifs is 1. The van der Waals surface area contributed by atoms with Gasteiger partial charge in [0.25, 0.3) is 5.91 Å². The van der Waals surface area contributed by atoms with Crippen molar-refractivity contribution in [2.75, 3.05) is 16.8 Å². The van der Waals surface area contributed by atoms with Crippen LogP contribution in [0.4, 0.5) is 11.4 Å². The smallest absolute Gasteiger partial charge is 0.267 e. The summed E-state index contributed by atoms with van der Waals surface area (Å²) in [5.74, 6) is 0.886. The molecule has 0 bridgehead atoms. The molecule has 0 aliphatic carbocycles.